The minimum Gasteiger partial charge on any atom is -0.495 e. The van der Waals surface area contributed by atoms with E-state index in [4.69, 9.17) is 4.74 Å². The molecule has 1 unspecified atom stereocenters. The van der Waals surface area contributed by atoms with Gasteiger partial charge in [0.25, 0.3) is 0 Å². The Balaban J connectivity index is 2.16. The fourth-order valence-corrected chi connectivity index (χ4v) is 2.05. The molecule has 0 spiro atoms. The molecule has 0 radical (unpaired) electrons. The lowest BCUT2D eigenvalue weighted by atomic mass is 10.2. The van der Waals surface area contributed by atoms with Gasteiger partial charge in [-0.15, -0.1) is 11.3 Å². The molecule has 2 heterocycles. The molecule has 0 bridgehead atoms. The number of thiazole rings is 1. The lowest BCUT2D eigenvalue weighted by Gasteiger charge is -2.08. The van der Waals surface area contributed by atoms with Crippen LogP contribution in [0.25, 0.3) is 0 Å². The van der Waals surface area contributed by atoms with Crippen molar-refractivity contribution in [3.63, 3.8) is 0 Å². The number of aliphatic hydroxyl groups is 1. The van der Waals surface area contributed by atoms with Gasteiger partial charge in [-0.25, -0.2) is 4.98 Å². The molecule has 1 aromatic rings. The molecule has 1 aromatic heterocycles. The molecule has 0 saturated carbocycles. The predicted octanol–water partition coefficient (Wildman–Crippen LogP) is 1.79. The first-order chi connectivity index (χ1) is 6.27. The molecule has 2 rings (SSSR count). The number of aliphatic hydroxyl groups excluding tert-OH is 1. The number of nitrogens with zero attached hydrogens (tertiary/aromatic N) is 1. The Labute approximate surface area is 80.7 Å². The Morgan fingerprint density at radius 3 is 3.08 bits per heavy atom. The van der Waals surface area contributed by atoms with Crippen LogP contribution in [-0.2, 0) is 4.74 Å². The van der Waals surface area contributed by atoms with Crippen molar-refractivity contribution in [2.45, 2.75) is 19.4 Å². The van der Waals surface area contributed by atoms with Crippen LogP contribution in [0, 0.1) is 6.92 Å². The summed E-state index contributed by atoms with van der Waals surface area (Å²) in [6.45, 7) is 2.61. The highest BCUT2D eigenvalue weighted by atomic mass is 32.1. The van der Waals surface area contributed by atoms with Gasteiger partial charge in [0.05, 0.1) is 16.5 Å². The molecular formula is C9H11NO2S. The summed E-state index contributed by atoms with van der Waals surface area (Å²) in [6.07, 6.45) is 3.91. The minimum absolute atomic E-state index is 0.617. The van der Waals surface area contributed by atoms with Gasteiger partial charge in [-0.3, -0.25) is 0 Å². The lowest BCUT2D eigenvalue weighted by molar-refractivity contribution is 0.121. The zero-order valence-electron chi connectivity index (χ0n) is 7.36. The molecule has 1 aliphatic rings. The monoisotopic (exact) mass is 197 g/mol. The third-order valence-electron chi connectivity index (χ3n) is 1.91. The van der Waals surface area contributed by atoms with Crippen molar-refractivity contribution in [1.29, 1.82) is 0 Å². The molecule has 0 aromatic carbocycles. The molecule has 0 aliphatic carbocycles. The highest BCUT2D eigenvalue weighted by molar-refractivity contribution is 7.11. The van der Waals surface area contributed by atoms with E-state index >= 15 is 0 Å². The second-order valence-electron chi connectivity index (χ2n) is 2.93. The van der Waals surface area contributed by atoms with E-state index in [0.717, 1.165) is 16.3 Å². The Bertz CT molecular complexity index is 332. The molecule has 0 saturated heterocycles. The first-order valence-corrected chi connectivity index (χ1v) is 5.02. The second kappa shape index (κ2) is 3.47. The van der Waals surface area contributed by atoms with Gasteiger partial charge in [-0.2, -0.15) is 0 Å². The van der Waals surface area contributed by atoms with Crippen molar-refractivity contribution in [3.8, 4) is 0 Å². The molecule has 0 amide bonds. The van der Waals surface area contributed by atoms with Crippen LogP contribution in [0.1, 0.15) is 22.4 Å². The molecular weight excluding hydrogens is 186 g/mol. The van der Waals surface area contributed by atoms with Crippen molar-refractivity contribution in [2.24, 2.45) is 0 Å². The van der Waals surface area contributed by atoms with Crippen LogP contribution in [0.3, 0.4) is 0 Å². The maximum atomic E-state index is 9.81. The van der Waals surface area contributed by atoms with Crippen LogP contribution < -0.4 is 0 Å². The largest absolute Gasteiger partial charge is 0.495 e. The van der Waals surface area contributed by atoms with Crippen molar-refractivity contribution in [2.75, 3.05) is 6.61 Å². The Hall–Kier alpha value is -0.870. The van der Waals surface area contributed by atoms with Crippen molar-refractivity contribution >= 4 is 11.3 Å². The highest BCUT2D eigenvalue weighted by Crippen LogP contribution is 2.29. The van der Waals surface area contributed by atoms with Gasteiger partial charge in [0.2, 0.25) is 0 Å². The van der Waals surface area contributed by atoms with Gasteiger partial charge in [-0.05, 0) is 13.0 Å². The van der Waals surface area contributed by atoms with E-state index in [2.05, 4.69) is 4.98 Å². The SMILES string of the molecule is Cc1ncc(C(O)C2=CCCO2)s1. The van der Waals surface area contributed by atoms with E-state index in [9.17, 15) is 5.11 Å². The zero-order chi connectivity index (χ0) is 9.26. The lowest BCUT2D eigenvalue weighted by Crippen LogP contribution is -1.99. The van der Waals surface area contributed by atoms with E-state index in [1.807, 2.05) is 13.0 Å². The number of hydrogen-bond acceptors (Lipinski definition) is 4. The summed E-state index contributed by atoms with van der Waals surface area (Å²) in [7, 11) is 0. The summed E-state index contributed by atoms with van der Waals surface area (Å²) in [4.78, 5) is 4.94. The molecule has 0 fully saturated rings. The standard InChI is InChI=1S/C9H11NO2S/c1-6-10-5-8(13-6)9(11)7-3-2-4-12-7/h3,5,9,11H,2,4H2,1H3. The van der Waals surface area contributed by atoms with E-state index in [1.165, 1.54) is 11.3 Å². The molecule has 1 aliphatic heterocycles. The minimum atomic E-state index is -0.617. The average Bonchev–Trinajstić information content (AvgIpc) is 2.72. The summed E-state index contributed by atoms with van der Waals surface area (Å²) < 4.78 is 5.27. The van der Waals surface area contributed by atoms with Crippen LogP contribution in [-0.4, -0.2) is 16.7 Å². The molecule has 1 N–H and O–H groups in total. The quantitative estimate of drug-likeness (QED) is 0.786. The van der Waals surface area contributed by atoms with Gasteiger partial charge < -0.3 is 9.84 Å². The molecule has 1 atom stereocenters. The van der Waals surface area contributed by atoms with Crippen LogP contribution in [0.4, 0.5) is 0 Å². The maximum Gasteiger partial charge on any atom is 0.146 e. The Kier molecular flexibility index (Phi) is 2.33. The molecule has 4 heteroatoms. The normalized spacial score (nSPS) is 18.2. The average molecular weight is 197 g/mol. The summed E-state index contributed by atoms with van der Waals surface area (Å²) >= 11 is 1.50. The first kappa shape index (κ1) is 8.72. The van der Waals surface area contributed by atoms with Crippen LogP contribution >= 0.6 is 11.3 Å². The zero-order valence-corrected chi connectivity index (χ0v) is 8.17. The number of rotatable bonds is 2. The van der Waals surface area contributed by atoms with E-state index in [0.29, 0.717) is 12.4 Å². The van der Waals surface area contributed by atoms with Gasteiger partial charge in [0.15, 0.2) is 0 Å². The molecule has 70 valence electrons. The van der Waals surface area contributed by atoms with Crippen LogP contribution in [0.15, 0.2) is 18.0 Å². The summed E-state index contributed by atoms with van der Waals surface area (Å²) in [5.74, 6) is 0.670. The highest BCUT2D eigenvalue weighted by Gasteiger charge is 2.19. The second-order valence-corrected chi connectivity index (χ2v) is 4.19. The summed E-state index contributed by atoms with van der Waals surface area (Å²) in [6, 6.07) is 0. The van der Waals surface area contributed by atoms with E-state index in [-0.39, 0.29) is 0 Å². The van der Waals surface area contributed by atoms with Crippen molar-refractivity contribution in [1.82, 2.24) is 4.98 Å². The summed E-state index contributed by atoms with van der Waals surface area (Å²) in [5.41, 5.74) is 0. The third kappa shape index (κ3) is 1.73. The van der Waals surface area contributed by atoms with E-state index < -0.39 is 6.10 Å². The smallest absolute Gasteiger partial charge is 0.146 e. The van der Waals surface area contributed by atoms with Gasteiger partial charge in [0.1, 0.15) is 11.9 Å². The molecule has 3 nitrogen and oxygen atoms in total. The predicted molar refractivity (Wildman–Crippen MR) is 50.5 cm³/mol. The van der Waals surface area contributed by atoms with Gasteiger partial charge in [0, 0.05) is 12.6 Å². The van der Waals surface area contributed by atoms with Crippen molar-refractivity contribution in [3.05, 3.63) is 27.9 Å². The van der Waals surface area contributed by atoms with Crippen LogP contribution in [0.2, 0.25) is 0 Å². The van der Waals surface area contributed by atoms with Crippen LogP contribution in [0.5, 0.6) is 0 Å². The van der Waals surface area contributed by atoms with E-state index in [1.54, 1.807) is 6.20 Å². The third-order valence-corrected chi connectivity index (χ3v) is 2.88. The van der Waals surface area contributed by atoms with Gasteiger partial charge >= 0.3 is 0 Å². The van der Waals surface area contributed by atoms with Gasteiger partial charge in [-0.1, -0.05) is 0 Å². The number of aryl methyl sites for hydroxylation is 1. The van der Waals surface area contributed by atoms with Crippen molar-refractivity contribution < 1.29 is 9.84 Å². The number of hydrogen-bond donors (Lipinski definition) is 1. The number of aromatic nitrogens is 1. The summed E-state index contributed by atoms with van der Waals surface area (Å²) in [5, 5.41) is 10.8. The first-order valence-electron chi connectivity index (χ1n) is 4.20. The topological polar surface area (TPSA) is 42.4 Å². The Morgan fingerprint density at radius 2 is 2.54 bits per heavy atom. The fraction of sp³-hybridized carbons (Fsp3) is 0.444. The number of ether oxygens (including phenoxy) is 1. The maximum absolute atomic E-state index is 9.81. The Morgan fingerprint density at radius 1 is 1.69 bits per heavy atom. The molecule has 13 heavy (non-hydrogen) atoms. The fourth-order valence-electron chi connectivity index (χ4n) is 1.27.